The molecule has 0 aromatic carbocycles. The minimum Gasteiger partial charge on any atom is -0.480 e. The summed E-state index contributed by atoms with van der Waals surface area (Å²) in [6.45, 7) is 3.30. The molecule has 16 heavy (non-hydrogen) atoms. The fourth-order valence-electron chi connectivity index (χ4n) is 1.55. The quantitative estimate of drug-likeness (QED) is 0.921. The zero-order chi connectivity index (χ0) is 11.9. The largest absolute Gasteiger partial charge is 0.480 e. The van der Waals surface area contributed by atoms with E-state index in [-0.39, 0.29) is 0 Å². The Balaban J connectivity index is 2.67. The van der Waals surface area contributed by atoms with Crippen molar-refractivity contribution in [3.05, 3.63) is 29.0 Å². The number of carboxylic acid groups (broad SMARTS) is 1. The van der Waals surface area contributed by atoms with E-state index in [2.05, 4.69) is 20.9 Å². The lowest BCUT2D eigenvalue weighted by molar-refractivity contribution is -0.145. The number of halogens is 1. The normalized spacial score (nSPS) is 11.9. The van der Waals surface area contributed by atoms with E-state index in [9.17, 15) is 4.79 Å². The molecule has 0 radical (unpaired) electrons. The summed E-state index contributed by atoms with van der Waals surface area (Å²) in [5, 5.41) is 10.1. The van der Waals surface area contributed by atoms with Gasteiger partial charge in [0.05, 0.1) is 0 Å². The Kier molecular flexibility index (Phi) is 2.50. The van der Waals surface area contributed by atoms with Crippen molar-refractivity contribution in [3.8, 4) is 0 Å². The van der Waals surface area contributed by atoms with Crippen molar-refractivity contribution in [3.63, 3.8) is 0 Å². The van der Waals surface area contributed by atoms with Gasteiger partial charge in [-0.3, -0.25) is 0 Å². The van der Waals surface area contributed by atoms with Gasteiger partial charge in [-0.15, -0.1) is 0 Å². The average molecular weight is 283 g/mol. The van der Waals surface area contributed by atoms with Crippen LogP contribution in [0.2, 0.25) is 0 Å². The molecule has 0 atom stereocenters. The van der Waals surface area contributed by atoms with Crippen LogP contribution in [0.15, 0.2) is 29.0 Å². The zero-order valence-electron chi connectivity index (χ0n) is 8.94. The number of hydrogen-bond acceptors (Lipinski definition) is 2. The number of aromatic nitrogens is 2. The number of carboxylic acids is 1. The molecular weight excluding hydrogens is 272 g/mol. The molecule has 0 aliphatic carbocycles. The second kappa shape index (κ2) is 3.59. The highest BCUT2D eigenvalue weighted by atomic mass is 79.9. The molecule has 0 spiro atoms. The van der Waals surface area contributed by atoms with Gasteiger partial charge < -0.3 is 9.67 Å². The predicted molar refractivity (Wildman–Crippen MR) is 64.4 cm³/mol. The highest BCUT2D eigenvalue weighted by Crippen LogP contribution is 2.24. The van der Waals surface area contributed by atoms with E-state index in [1.54, 1.807) is 30.8 Å². The van der Waals surface area contributed by atoms with Crippen LogP contribution in [0.25, 0.3) is 11.0 Å². The van der Waals surface area contributed by atoms with Crippen LogP contribution >= 0.6 is 15.9 Å². The molecule has 0 unspecified atom stereocenters. The van der Waals surface area contributed by atoms with E-state index < -0.39 is 11.5 Å². The summed E-state index contributed by atoms with van der Waals surface area (Å²) < 4.78 is 2.54. The molecule has 0 amide bonds. The number of hydrogen-bond donors (Lipinski definition) is 1. The summed E-state index contributed by atoms with van der Waals surface area (Å²) in [5.74, 6) is -0.880. The molecule has 84 valence electrons. The molecular formula is C11H11BrN2O2. The van der Waals surface area contributed by atoms with Crippen molar-refractivity contribution < 1.29 is 9.90 Å². The molecule has 2 aromatic heterocycles. The fraction of sp³-hybridized carbons (Fsp3) is 0.273. The van der Waals surface area contributed by atoms with Gasteiger partial charge in [0, 0.05) is 22.3 Å². The lowest BCUT2D eigenvalue weighted by Gasteiger charge is -2.22. The molecule has 2 rings (SSSR count). The minimum absolute atomic E-state index is 0.676. The fourth-order valence-corrected chi connectivity index (χ4v) is 1.90. The van der Waals surface area contributed by atoms with Gasteiger partial charge in [0.1, 0.15) is 11.2 Å². The first-order valence-electron chi connectivity index (χ1n) is 4.79. The number of aliphatic carboxylic acids is 1. The van der Waals surface area contributed by atoms with Crippen LogP contribution in [-0.4, -0.2) is 20.6 Å². The minimum atomic E-state index is -0.997. The predicted octanol–water partition coefficient (Wildman–Crippen LogP) is 2.62. The molecule has 0 aliphatic heterocycles. The van der Waals surface area contributed by atoms with Gasteiger partial charge in [-0.1, -0.05) is 0 Å². The number of fused-ring (bicyclic) bond motifs is 1. The molecule has 0 saturated carbocycles. The van der Waals surface area contributed by atoms with Gasteiger partial charge in [-0.25, -0.2) is 9.78 Å². The Morgan fingerprint density at radius 2 is 2.25 bits per heavy atom. The number of carbonyl (C=O) groups is 1. The summed E-state index contributed by atoms with van der Waals surface area (Å²) in [5.41, 5.74) is -0.321. The highest BCUT2D eigenvalue weighted by Gasteiger charge is 2.30. The van der Waals surface area contributed by atoms with Crippen molar-refractivity contribution in [2.24, 2.45) is 0 Å². The Morgan fingerprint density at radius 1 is 1.56 bits per heavy atom. The molecule has 0 bridgehead atoms. The molecule has 2 aromatic rings. The third-order valence-corrected chi connectivity index (χ3v) is 3.05. The molecule has 5 heteroatoms. The number of rotatable bonds is 2. The van der Waals surface area contributed by atoms with Crippen molar-refractivity contribution in [1.82, 2.24) is 9.55 Å². The molecule has 1 N–H and O–H groups in total. The van der Waals surface area contributed by atoms with E-state index in [0.29, 0.717) is 5.65 Å². The molecule has 4 nitrogen and oxygen atoms in total. The standard InChI is InChI=1S/C11H11BrN2O2/c1-11(2,10(15)16)14-4-3-7-5-8(12)6-13-9(7)14/h3-6H,1-2H3,(H,15,16). The van der Waals surface area contributed by atoms with Gasteiger partial charge in [0.2, 0.25) is 0 Å². The summed E-state index contributed by atoms with van der Waals surface area (Å²) in [6.07, 6.45) is 3.41. The molecule has 0 fully saturated rings. The van der Waals surface area contributed by atoms with Crippen molar-refractivity contribution in [2.75, 3.05) is 0 Å². The summed E-state index contributed by atoms with van der Waals surface area (Å²) in [4.78, 5) is 15.4. The Morgan fingerprint density at radius 3 is 2.88 bits per heavy atom. The Bertz CT molecular complexity index is 560. The van der Waals surface area contributed by atoms with E-state index in [1.807, 2.05) is 12.1 Å². The second-order valence-corrected chi connectivity index (χ2v) is 5.03. The van der Waals surface area contributed by atoms with Crippen LogP contribution in [0.4, 0.5) is 0 Å². The number of nitrogens with zero attached hydrogens (tertiary/aromatic N) is 2. The van der Waals surface area contributed by atoms with Crippen molar-refractivity contribution in [1.29, 1.82) is 0 Å². The average Bonchev–Trinajstić information content (AvgIpc) is 2.60. The van der Waals surface area contributed by atoms with E-state index >= 15 is 0 Å². The maximum atomic E-state index is 11.2. The van der Waals surface area contributed by atoms with Crippen LogP contribution in [0.3, 0.4) is 0 Å². The van der Waals surface area contributed by atoms with Crippen LogP contribution in [-0.2, 0) is 10.3 Å². The first kappa shape index (κ1) is 11.1. The second-order valence-electron chi connectivity index (χ2n) is 4.12. The number of pyridine rings is 1. The van der Waals surface area contributed by atoms with Gasteiger partial charge in [-0.2, -0.15) is 0 Å². The summed E-state index contributed by atoms with van der Waals surface area (Å²) in [7, 11) is 0. The van der Waals surface area contributed by atoms with E-state index in [1.165, 1.54) is 0 Å². The molecule has 0 saturated heterocycles. The smallest absolute Gasteiger partial charge is 0.329 e. The van der Waals surface area contributed by atoms with Crippen LogP contribution in [0.5, 0.6) is 0 Å². The topological polar surface area (TPSA) is 55.1 Å². The van der Waals surface area contributed by atoms with E-state index in [0.717, 1.165) is 9.86 Å². The maximum absolute atomic E-state index is 11.2. The first-order chi connectivity index (χ1) is 7.43. The monoisotopic (exact) mass is 282 g/mol. The van der Waals surface area contributed by atoms with Crippen LogP contribution in [0.1, 0.15) is 13.8 Å². The first-order valence-corrected chi connectivity index (χ1v) is 5.58. The molecule has 2 heterocycles. The molecule has 0 aliphatic rings. The van der Waals surface area contributed by atoms with Gasteiger partial charge in [0.25, 0.3) is 0 Å². The Labute approximate surface area is 101 Å². The van der Waals surface area contributed by atoms with Gasteiger partial charge in [0.15, 0.2) is 0 Å². The Hall–Kier alpha value is -1.36. The maximum Gasteiger partial charge on any atom is 0.329 e. The zero-order valence-corrected chi connectivity index (χ0v) is 10.5. The van der Waals surface area contributed by atoms with Crippen LogP contribution < -0.4 is 0 Å². The summed E-state index contributed by atoms with van der Waals surface area (Å²) in [6, 6.07) is 3.77. The van der Waals surface area contributed by atoms with Crippen molar-refractivity contribution in [2.45, 2.75) is 19.4 Å². The third-order valence-electron chi connectivity index (χ3n) is 2.62. The lowest BCUT2D eigenvalue weighted by atomic mass is 10.1. The third kappa shape index (κ3) is 1.61. The van der Waals surface area contributed by atoms with Crippen LogP contribution in [0, 0.1) is 0 Å². The lowest BCUT2D eigenvalue weighted by Crippen LogP contribution is -2.35. The van der Waals surface area contributed by atoms with Gasteiger partial charge >= 0.3 is 5.97 Å². The van der Waals surface area contributed by atoms with E-state index in [4.69, 9.17) is 5.11 Å². The SMILES string of the molecule is CC(C)(C(=O)O)n1ccc2cc(Br)cnc21. The van der Waals surface area contributed by atoms with Gasteiger partial charge in [-0.05, 0) is 41.9 Å². The highest BCUT2D eigenvalue weighted by molar-refractivity contribution is 9.10. The van der Waals surface area contributed by atoms with Crippen molar-refractivity contribution >= 4 is 32.9 Å². The summed E-state index contributed by atoms with van der Waals surface area (Å²) >= 11 is 3.33.